The predicted molar refractivity (Wildman–Crippen MR) is 107 cm³/mol. The van der Waals surface area contributed by atoms with Gasteiger partial charge in [0.05, 0.1) is 0 Å². The minimum absolute atomic E-state index is 0.254. The predicted octanol–water partition coefficient (Wildman–Crippen LogP) is 4.94. The van der Waals surface area contributed by atoms with Gasteiger partial charge in [0.15, 0.2) is 5.82 Å². The van der Waals surface area contributed by atoms with Crippen LogP contribution in [-0.4, -0.2) is 15.2 Å². The number of aromatic hydroxyl groups is 1. The molecule has 2 aromatic carbocycles. The summed E-state index contributed by atoms with van der Waals surface area (Å²) in [6, 6.07) is 13.1. The fourth-order valence-corrected chi connectivity index (χ4v) is 2.82. The molecule has 1 aromatic heterocycles. The molecule has 0 spiro atoms. The van der Waals surface area contributed by atoms with E-state index in [2.05, 4.69) is 34.6 Å². The van der Waals surface area contributed by atoms with Crippen LogP contribution in [0.3, 0.4) is 0 Å². The van der Waals surface area contributed by atoms with Crippen LogP contribution >= 0.6 is 0 Å². The second-order valence-electron chi connectivity index (χ2n) is 6.44. The summed E-state index contributed by atoms with van der Waals surface area (Å²) in [6.45, 7) is 6.25. The van der Waals surface area contributed by atoms with Crippen LogP contribution in [0, 0.1) is 6.92 Å². The number of hydrogen-bond donors (Lipinski definition) is 2. The van der Waals surface area contributed by atoms with Gasteiger partial charge in [-0.3, -0.25) is 9.51 Å². The average molecular weight is 362 g/mol. The van der Waals surface area contributed by atoms with Crippen LogP contribution in [0.4, 0.5) is 0 Å². The second-order valence-corrected chi connectivity index (χ2v) is 6.44. The lowest BCUT2D eigenvalue weighted by Crippen LogP contribution is -1.95. The summed E-state index contributed by atoms with van der Waals surface area (Å²) in [4.78, 5) is 13.7. The Bertz CT molecular complexity index is 1050. The molecule has 0 aliphatic heterocycles. The molecular formula is C22H22N2O3. The Morgan fingerprint density at radius 3 is 2.59 bits per heavy atom. The van der Waals surface area contributed by atoms with Crippen LogP contribution in [0.5, 0.6) is 5.75 Å². The summed E-state index contributed by atoms with van der Waals surface area (Å²) in [6.07, 6.45) is 5.03. The highest BCUT2D eigenvalue weighted by molar-refractivity contribution is 5.82. The monoisotopic (exact) mass is 362 g/mol. The van der Waals surface area contributed by atoms with E-state index in [1.54, 1.807) is 12.1 Å². The van der Waals surface area contributed by atoms with Crippen molar-refractivity contribution in [3.05, 3.63) is 81.4 Å². The molecule has 0 amide bonds. The number of phenolic OH excluding ortho intramolecular Hbond substituents is 1. The van der Waals surface area contributed by atoms with E-state index in [4.69, 9.17) is 0 Å². The summed E-state index contributed by atoms with van der Waals surface area (Å²) in [5, 5.41) is 13.4. The highest BCUT2D eigenvalue weighted by Crippen LogP contribution is 2.26. The van der Waals surface area contributed by atoms with Crippen molar-refractivity contribution in [2.45, 2.75) is 27.2 Å². The van der Waals surface area contributed by atoms with Crippen LogP contribution in [0.1, 0.15) is 37.0 Å². The molecular weight excluding hydrogens is 340 g/mol. The van der Waals surface area contributed by atoms with Gasteiger partial charge in [0.1, 0.15) is 5.75 Å². The van der Waals surface area contributed by atoms with Gasteiger partial charge in [-0.2, -0.15) is 0 Å². The molecule has 138 valence electrons. The van der Waals surface area contributed by atoms with Gasteiger partial charge in [-0.15, -0.1) is 0 Å². The molecule has 27 heavy (non-hydrogen) atoms. The van der Waals surface area contributed by atoms with Crippen molar-refractivity contribution in [2.75, 3.05) is 0 Å². The summed E-state index contributed by atoms with van der Waals surface area (Å²) >= 11 is 0. The first-order valence-corrected chi connectivity index (χ1v) is 8.82. The van der Waals surface area contributed by atoms with Crippen molar-refractivity contribution < 1.29 is 9.63 Å². The highest BCUT2D eigenvalue weighted by Gasteiger charge is 2.07. The second kappa shape index (κ2) is 7.91. The Kier molecular flexibility index (Phi) is 5.41. The van der Waals surface area contributed by atoms with Gasteiger partial charge >= 0.3 is 5.76 Å². The van der Waals surface area contributed by atoms with E-state index in [0.29, 0.717) is 5.82 Å². The lowest BCUT2D eigenvalue weighted by Gasteiger charge is -2.09. The number of benzene rings is 2. The first-order chi connectivity index (χ1) is 13.0. The van der Waals surface area contributed by atoms with Crippen LogP contribution in [0.2, 0.25) is 0 Å². The van der Waals surface area contributed by atoms with Crippen LogP contribution < -0.4 is 5.76 Å². The van der Waals surface area contributed by atoms with Crippen molar-refractivity contribution in [3.63, 3.8) is 0 Å². The number of phenols is 1. The summed E-state index contributed by atoms with van der Waals surface area (Å²) in [7, 11) is 0. The molecule has 0 saturated carbocycles. The van der Waals surface area contributed by atoms with E-state index >= 15 is 0 Å². The maximum atomic E-state index is 11.1. The van der Waals surface area contributed by atoms with Crippen molar-refractivity contribution in [3.8, 4) is 17.1 Å². The maximum Gasteiger partial charge on any atom is 0.439 e. The van der Waals surface area contributed by atoms with E-state index in [-0.39, 0.29) is 5.75 Å². The van der Waals surface area contributed by atoms with Gasteiger partial charge in [0.2, 0.25) is 0 Å². The summed E-state index contributed by atoms with van der Waals surface area (Å²) in [5.74, 6) is 0.0973. The number of aromatic nitrogens is 2. The Labute approximate surface area is 157 Å². The van der Waals surface area contributed by atoms with Crippen molar-refractivity contribution >= 4 is 11.6 Å². The number of H-pyrrole nitrogens is 1. The number of nitrogens with one attached hydrogen (secondary N) is 1. The molecule has 1 heterocycles. The van der Waals surface area contributed by atoms with Gasteiger partial charge in [0, 0.05) is 5.56 Å². The molecule has 0 unspecified atom stereocenters. The molecule has 0 radical (unpaired) electrons. The number of allylic oxidation sites excluding steroid dienone is 3. The first kappa shape index (κ1) is 18.5. The third-order valence-corrected chi connectivity index (χ3v) is 4.59. The van der Waals surface area contributed by atoms with Gasteiger partial charge in [0.25, 0.3) is 0 Å². The number of aromatic amines is 1. The minimum atomic E-state index is -0.569. The molecule has 3 aromatic rings. The Morgan fingerprint density at radius 2 is 1.96 bits per heavy atom. The quantitative estimate of drug-likeness (QED) is 0.630. The molecule has 0 fully saturated rings. The van der Waals surface area contributed by atoms with Gasteiger partial charge in [-0.25, -0.2) is 4.79 Å². The van der Waals surface area contributed by atoms with E-state index in [0.717, 1.165) is 34.2 Å². The third kappa shape index (κ3) is 4.26. The van der Waals surface area contributed by atoms with Crippen molar-refractivity contribution in [1.29, 1.82) is 0 Å². The van der Waals surface area contributed by atoms with E-state index in [1.807, 2.05) is 43.3 Å². The number of hydrogen-bond acceptors (Lipinski definition) is 4. The molecule has 0 saturated heterocycles. The zero-order chi connectivity index (χ0) is 19.4. The molecule has 0 atom stereocenters. The first-order valence-electron chi connectivity index (χ1n) is 8.82. The molecule has 5 heteroatoms. The van der Waals surface area contributed by atoms with Gasteiger partial charge in [-0.1, -0.05) is 60.1 Å². The van der Waals surface area contributed by atoms with Crippen LogP contribution in [-0.2, 0) is 0 Å². The minimum Gasteiger partial charge on any atom is -0.508 e. The number of aryl methyl sites for hydroxylation is 1. The number of rotatable bonds is 5. The van der Waals surface area contributed by atoms with Crippen LogP contribution in [0.25, 0.3) is 23.0 Å². The Hall–Kier alpha value is -3.34. The van der Waals surface area contributed by atoms with Crippen molar-refractivity contribution in [2.24, 2.45) is 0 Å². The van der Waals surface area contributed by atoms with Gasteiger partial charge in [-0.05, 0) is 54.7 Å². The normalized spacial score (nSPS) is 12.4. The zero-order valence-corrected chi connectivity index (χ0v) is 15.6. The van der Waals surface area contributed by atoms with E-state index < -0.39 is 5.76 Å². The maximum absolute atomic E-state index is 11.1. The standard InChI is InChI=1S/C22H22N2O3/c1-4-14(2)20(12-10-18-13-19(25)11-5-15(18)3)16-6-8-17(9-7-16)21-23-22(26)27-24-21/h5-13,25H,4H2,1-3H3,(H,23,24,26). The topological polar surface area (TPSA) is 79.1 Å². The lowest BCUT2D eigenvalue weighted by molar-refractivity contribution is 0.388. The zero-order valence-electron chi connectivity index (χ0n) is 15.6. The molecule has 5 nitrogen and oxygen atoms in total. The largest absolute Gasteiger partial charge is 0.508 e. The molecule has 3 rings (SSSR count). The van der Waals surface area contributed by atoms with E-state index in [1.165, 1.54) is 5.57 Å². The number of nitrogens with zero attached hydrogens (tertiary/aromatic N) is 1. The Morgan fingerprint density at radius 1 is 1.22 bits per heavy atom. The van der Waals surface area contributed by atoms with Gasteiger partial charge < -0.3 is 5.11 Å². The lowest BCUT2D eigenvalue weighted by atomic mass is 9.96. The summed E-state index contributed by atoms with van der Waals surface area (Å²) in [5.41, 5.74) is 6.31. The summed E-state index contributed by atoms with van der Waals surface area (Å²) < 4.78 is 4.56. The molecule has 0 bridgehead atoms. The highest BCUT2D eigenvalue weighted by atomic mass is 16.5. The van der Waals surface area contributed by atoms with E-state index in [9.17, 15) is 9.90 Å². The van der Waals surface area contributed by atoms with Crippen LogP contribution in [0.15, 0.2) is 63.4 Å². The third-order valence-electron chi connectivity index (χ3n) is 4.59. The fraction of sp³-hybridized carbons (Fsp3) is 0.182. The Balaban J connectivity index is 1.95. The molecule has 0 aliphatic rings. The van der Waals surface area contributed by atoms with Crippen molar-refractivity contribution in [1.82, 2.24) is 10.1 Å². The fourth-order valence-electron chi connectivity index (χ4n) is 2.82. The average Bonchev–Trinajstić information content (AvgIpc) is 3.11. The SMILES string of the molecule is CCC(C)=C(C=Cc1cc(O)ccc1C)c1ccc(-c2noc(=O)[nH]2)cc1. The molecule has 0 aliphatic carbocycles. The smallest absolute Gasteiger partial charge is 0.439 e. The molecule has 2 N–H and O–H groups in total.